The van der Waals surface area contributed by atoms with Crippen molar-refractivity contribution in [3.8, 4) is 0 Å². The molecule has 133 heavy (non-hydrogen) atoms. The van der Waals surface area contributed by atoms with Crippen LogP contribution in [0.1, 0.15) is 325 Å². The maximum Gasteiger partial charge on any atom is 0.311 e. The van der Waals surface area contributed by atoms with Crippen molar-refractivity contribution in [2.75, 3.05) is 148 Å². The molecule has 0 aromatic carbocycles. The second-order valence-electron chi connectivity index (χ2n) is 37.2. The summed E-state index contributed by atoms with van der Waals surface area (Å²) in [7, 11) is 11.9. The van der Waals surface area contributed by atoms with Gasteiger partial charge in [0.2, 0.25) is 11.8 Å². The highest BCUT2D eigenvalue weighted by Gasteiger charge is 2.32. The van der Waals surface area contributed by atoms with Crippen molar-refractivity contribution in [2.24, 2.45) is 73.7 Å². The molecular weight excluding hydrogens is 1740 g/mol. The Hall–Kier alpha value is -6.47. The lowest BCUT2D eigenvalue weighted by atomic mass is 9.89. The first-order valence-electron chi connectivity index (χ1n) is 47.5. The average molecular weight is 1950 g/mol. The van der Waals surface area contributed by atoms with Gasteiger partial charge in [0.25, 0.3) is 0 Å². The molecule has 10 unspecified atom stereocenters. The van der Waals surface area contributed by atoms with E-state index in [2.05, 4.69) is 25.0 Å². The number of aliphatic carboxylic acids is 2. The molecule has 0 bridgehead atoms. The van der Waals surface area contributed by atoms with Crippen molar-refractivity contribution in [2.45, 2.75) is 350 Å². The van der Waals surface area contributed by atoms with Crippen molar-refractivity contribution in [3.63, 3.8) is 0 Å². The molecule has 0 rings (SSSR count). The number of carbonyl (C=O) groups is 12. The quantitative estimate of drug-likeness (QED) is 0.0153. The molecule has 0 aromatic heterocycles. The Morgan fingerprint density at radius 1 is 0.323 bits per heavy atom. The van der Waals surface area contributed by atoms with Crippen LogP contribution in [0.2, 0.25) is 0 Å². The van der Waals surface area contributed by atoms with Crippen molar-refractivity contribution in [1.82, 2.24) is 25.3 Å². The van der Waals surface area contributed by atoms with E-state index in [-0.39, 0.29) is 188 Å². The van der Waals surface area contributed by atoms with Crippen molar-refractivity contribution >= 4 is 83.9 Å². The summed E-state index contributed by atoms with van der Waals surface area (Å²) in [4.78, 5) is 138. The Kier molecular flexibility index (Phi) is 108. The molecule has 0 saturated heterocycles. The fourth-order valence-corrected chi connectivity index (χ4v) is 6.37. The number of nitrogens with one attached hydrogen (secondary N) is 2. The zero-order chi connectivity index (χ0) is 107. The number of carboxylic acid groups (broad SMARTS) is 2. The van der Waals surface area contributed by atoms with Crippen LogP contribution in [0.3, 0.4) is 0 Å². The number of ether oxygens (including phenoxy) is 8. The number of nitrogens with zero attached hydrogens (tertiary/aromatic N) is 3. The third kappa shape index (κ3) is 101. The SMILES string of the molecule is CCC(C)(C)C(=O)NCCCN.CCC(C)(C)C(=O)NCCCN(C)C.CCC(C)(C)C(=O)OC(C)CO.CCC(C)(C)C(=O)OCC(C)O.CCC(C)(C)C(=O)OCCN(C)C.CCC(C)(C)C(=O)OCCN(C)C.CCC(C)C(=O)O.CCC(C)C(=O)O.CCC(C)C(=O)OC(C)CO.CCC(C)C(=O)OCC(C)O.CCC(C)C(=O)OCCO.CCC(C)C(=O)OCCO.Cl. The van der Waals surface area contributed by atoms with Gasteiger partial charge in [-0.2, -0.15) is 0 Å². The fraction of sp³-hybridized carbons (Fsp3) is 0.878. The minimum absolute atomic E-state index is 0. The first-order chi connectivity index (χ1) is 60.6. The number of hydrogen-bond donors (Lipinski definition) is 11. The van der Waals surface area contributed by atoms with Gasteiger partial charge in [-0.1, -0.05) is 152 Å². The summed E-state index contributed by atoms with van der Waals surface area (Å²) in [6.45, 7) is 68.9. The predicted molar refractivity (Wildman–Crippen MR) is 532 cm³/mol. The number of esters is 8. The van der Waals surface area contributed by atoms with Gasteiger partial charge in [-0.25, -0.2) is 0 Å². The Labute approximate surface area is 812 Å². The zero-order valence-corrected chi connectivity index (χ0v) is 91.9. The Morgan fingerprint density at radius 2 is 0.571 bits per heavy atom. The minimum atomic E-state index is -0.706. The van der Waals surface area contributed by atoms with Crippen LogP contribution in [-0.4, -0.2) is 299 Å². The second kappa shape index (κ2) is 93.2. The number of nitrogens with two attached hydrogens (primary N) is 1. The molecule has 10 atom stereocenters. The van der Waals surface area contributed by atoms with Crippen LogP contribution in [0.4, 0.5) is 0 Å². The summed E-state index contributed by atoms with van der Waals surface area (Å²) in [5.41, 5.74) is 3.28. The van der Waals surface area contributed by atoms with Gasteiger partial charge in [-0.05, 0) is 228 Å². The Morgan fingerprint density at radius 3 is 0.805 bits per heavy atom. The number of carbonyl (C=O) groups excluding carboxylic acids is 10. The Bertz CT molecular complexity index is 2800. The summed E-state index contributed by atoms with van der Waals surface area (Å²) >= 11 is 0. The maximum atomic E-state index is 11.6. The van der Waals surface area contributed by atoms with Gasteiger partial charge < -0.3 is 110 Å². The summed E-state index contributed by atoms with van der Waals surface area (Å²) in [6, 6.07) is 0. The zero-order valence-electron chi connectivity index (χ0n) is 91.1. The van der Waals surface area contributed by atoms with Crippen molar-refractivity contribution in [3.05, 3.63) is 0 Å². The Balaban J connectivity index is -0.000000108. The largest absolute Gasteiger partial charge is 0.481 e. The molecule has 800 valence electrons. The molecule has 0 saturated carbocycles. The molecule has 0 aliphatic heterocycles. The van der Waals surface area contributed by atoms with E-state index in [0.29, 0.717) is 26.3 Å². The lowest BCUT2D eigenvalue weighted by molar-refractivity contribution is -0.161. The highest BCUT2D eigenvalue weighted by Crippen LogP contribution is 2.25. The summed E-state index contributed by atoms with van der Waals surface area (Å²) < 4.78 is 39.0. The van der Waals surface area contributed by atoms with E-state index in [1.54, 1.807) is 55.4 Å². The molecule has 2 amide bonds. The normalized spacial score (nSPS) is 13.0. The molecule has 12 N–H and O–H groups in total. The van der Waals surface area contributed by atoms with Crippen LogP contribution >= 0.6 is 12.4 Å². The number of amides is 2. The first-order valence-corrected chi connectivity index (χ1v) is 47.5. The molecule has 0 heterocycles. The van der Waals surface area contributed by atoms with Gasteiger partial charge in [0.1, 0.15) is 51.8 Å². The van der Waals surface area contributed by atoms with E-state index >= 15 is 0 Å². The lowest BCUT2D eigenvalue weighted by Gasteiger charge is -2.22. The standard InChI is InChI=1S/C11H24N2O.2C10H21NO2.C9H20N2O.2C9H18O3.2C8H16O3.2C7H14O3.2C5H10O2.ClH/c1-6-11(2,3)10(14)12-8-7-9-13(4)5;2*1-6-10(2,3)9(12)13-8-7-11(4)5;1-4-9(2,3)8(12)11-7-5-6-10;1-5-9(3,4)8(11)12-6-7(2)10;1-5-9(3,4)8(11)12-7(2)6-10;1-4-6(2)8(10)11-5-7(3)9;1-4-6(2)8(10)11-7(3)5-9;2*1-3-6(2)7(9)10-5-4-8;2*1-3-4(2)5(6)7;/h6-9H2,1-5H3,(H,12,14);2*6-8H2,1-5H3;4-7,10H2,1-3H3,(H,11,12);2*7,10H,5-6H2,1-4H3;2*6-7,9H,4-5H2,1-3H3;2*6,8H,3-5H2,1-2H3;2*4H,3H2,1-2H3,(H,6,7);1H. The van der Waals surface area contributed by atoms with Gasteiger partial charge >= 0.3 is 59.7 Å². The van der Waals surface area contributed by atoms with E-state index in [4.69, 9.17) is 75.0 Å². The van der Waals surface area contributed by atoms with E-state index in [1.807, 2.05) is 232 Å². The first kappa shape index (κ1) is 155. The highest BCUT2D eigenvalue weighted by atomic mass is 35.5. The van der Waals surface area contributed by atoms with Gasteiger partial charge in [-0.15, -0.1) is 12.4 Å². The summed E-state index contributed by atoms with van der Waals surface area (Å²) in [5, 5.41) is 73.6. The van der Waals surface area contributed by atoms with E-state index in [9.17, 15) is 57.5 Å². The minimum Gasteiger partial charge on any atom is -0.481 e. The summed E-state index contributed by atoms with van der Waals surface area (Å²) in [6.07, 6.45) is 9.34. The number of halogens is 1. The number of rotatable bonds is 49. The second-order valence-corrected chi connectivity index (χ2v) is 37.2. The third-order valence-corrected chi connectivity index (χ3v) is 20.9. The van der Waals surface area contributed by atoms with Crippen LogP contribution in [0, 0.1) is 68.0 Å². The van der Waals surface area contributed by atoms with Gasteiger partial charge in [-0.3, -0.25) is 57.5 Å². The smallest absolute Gasteiger partial charge is 0.311 e. The molecule has 0 spiro atoms. The molecule has 34 nitrogen and oxygen atoms in total. The number of hydrogen-bond acceptors (Lipinski definition) is 30. The van der Waals surface area contributed by atoms with Crippen LogP contribution in [0.25, 0.3) is 0 Å². The van der Waals surface area contributed by atoms with E-state index in [1.165, 1.54) is 0 Å². The lowest BCUT2D eigenvalue weighted by Crippen LogP contribution is -2.37. The fourth-order valence-electron chi connectivity index (χ4n) is 6.37. The van der Waals surface area contributed by atoms with Crippen LogP contribution in [0.15, 0.2) is 0 Å². The van der Waals surface area contributed by atoms with E-state index < -0.39 is 41.1 Å². The van der Waals surface area contributed by atoms with Gasteiger partial charge in [0, 0.05) is 37.0 Å². The number of aliphatic hydroxyl groups excluding tert-OH is 6. The predicted octanol–water partition coefficient (Wildman–Crippen LogP) is 13.8. The van der Waals surface area contributed by atoms with Gasteiger partial charge in [0.15, 0.2) is 0 Å². The van der Waals surface area contributed by atoms with Crippen LogP contribution in [-0.2, 0) is 95.4 Å². The summed E-state index contributed by atoms with van der Waals surface area (Å²) in [5.74, 6) is -3.31. The monoisotopic (exact) mass is 1950 g/mol. The molecular formula is C98H203ClN6O28. The third-order valence-electron chi connectivity index (χ3n) is 20.9. The van der Waals surface area contributed by atoms with Crippen molar-refractivity contribution in [1.29, 1.82) is 0 Å². The molecule has 0 radical (unpaired) electrons. The molecule has 0 aliphatic rings. The molecule has 0 aromatic rings. The molecule has 35 heteroatoms. The van der Waals surface area contributed by atoms with Gasteiger partial charge in [0.05, 0.1) is 95.8 Å². The van der Waals surface area contributed by atoms with Crippen molar-refractivity contribution < 1.29 is 136 Å². The highest BCUT2D eigenvalue weighted by molar-refractivity contribution is 5.85. The van der Waals surface area contributed by atoms with Crippen LogP contribution < -0.4 is 16.4 Å². The van der Waals surface area contributed by atoms with Crippen LogP contribution in [0.5, 0.6) is 0 Å². The number of likely N-dealkylation sites (N-methyl/N-ethyl adjacent to an activating group) is 2. The number of carboxylic acids is 2. The molecule has 0 fully saturated rings. The topological polar surface area (TPSA) is 500 Å². The molecule has 0 aliphatic carbocycles. The average Bonchev–Trinajstić information content (AvgIpc) is 0.892. The van der Waals surface area contributed by atoms with E-state index in [0.717, 1.165) is 116 Å². The number of aliphatic hydroxyl groups is 6. The maximum absolute atomic E-state index is 11.6.